The monoisotopic (exact) mass is 516 g/mol. The maximum Gasteiger partial charge on any atom is 0.431 e. The van der Waals surface area contributed by atoms with Gasteiger partial charge in [0.2, 0.25) is 0 Å². The summed E-state index contributed by atoms with van der Waals surface area (Å²) in [4.78, 5) is 13.6. The zero-order valence-corrected chi connectivity index (χ0v) is 20.2. The number of methoxy groups -OCH3 is 1. The van der Waals surface area contributed by atoms with Crippen molar-refractivity contribution in [1.29, 1.82) is 0 Å². The van der Waals surface area contributed by atoms with Gasteiger partial charge in [0.15, 0.2) is 0 Å². The average molecular weight is 517 g/mol. The van der Waals surface area contributed by atoms with E-state index < -0.39 is 23.8 Å². The lowest BCUT2D eigenvalue weighted by atomic mass is 9.98. The second-order valence-corrected chi connectivity index (χ2v) is 7.44. The standard InChI is InChI=1S/C21H17ClF4N2O2.C2H6.CH2O2/c1-11-9-27-17-10-30-19(13-4-3-5-16(29-2)18(13)22)14-8-12(23)6-7-15(14)28(17)20(11)21(24,25)26;1-2;2-1-3/h3-8,19H,9-10H2,1-2H3;1-2H3;1H,(H,2,3)/t19-;;/m1../s1. The highest BCUT2D eigenvalue weighted by Crippen LogP contribution is 2.45. The van der Waals surface area contributed by atoms with Gasteiger partial charge in [-0.2, -0.15) is 13.2 Å². The van der Waals surface area contributed by atoms with Gasteiger partial charge in [0.25, 0.3) is 6.47 Å². The number of allylic oxidation sites excluding steroid dienone is 1. The Morgan fingerprint density at radius 3 is 2.49 bits per heavy atom. The molecule has 2 aromatic rings. The maximum absolute atomic E-state index is 14.2. The summed E-state index contributed by atoms with van der Waals surface area (Å²) in [7, 11) is 1.45. The molecule has 0 saturated heterocycles. The van der Waals surface area contributed by atoms with Gasteiger partial charge in [-0.15, -0.1) is 0 Å². The van der Waals surface area contributed by atoms with Crippen LogP contribution in [0.25, 0.3) is 0 Å². The summed E-state index contributed by atoms with van der Waals surface area (Å²) < 4.78 is 67.2. The molecular formula is C24H25ClF4N2O4. The molecule has 0 saturated carbocycles. The van der Waals surface area contributed by atoms with E-state index in [9.17, 15) is 17.6 Å². The molecule has 2 heterocycles. The van der Waals surface area contributed by atoms with E-state index in [1.54, 1.807) is 18.2 Å². The Morgan fingerprint density at radius 2 is 1.89 bits per heavy atom. The lowest BCUT2D eigenvalue weighted by Gasteiger charge is -2.33. The van der Waals surface area contributed by atoms with E-state index in [1.165, 1.54) is 20.1 Å². The molecule has 0 fully saturated rings. The number of carboxylic acid groups (broad SMARTS) is 1. The number of hydrogen-bond donors (Lipinski definition) is 1. The summed E-state index contributed by atoms with van der Waals surface area (Å²) in [6.07, 6.45) is -5.54. The predicted molar refractivity (Wildman–Crippen MR) is 126 cm³/mol. The maximum atomic E-state index is 14.2. The molecule has 0 aliphatic carbocycles. The van der Waals surface area contributed by atoms with Crippen molar-refractivity contribution in [3.05, 3.63) is 69.6 Å². The molecule has 0 bridgehead atoms. The first kappa shape index (κ1) is 28.1. The highest BCUT2D eigenvalue weighted by atomic mass is 35.5. The smallest absolute Gasteiger partial charge is 0.431 e. The third-order valence-corrected chi connectivity index (χ3v) is 5.45. The SMILES string of the molecule is CC.COc1cccc([C@H]2OCC3=NCC(C)=C(C(F)(F)F)N3c3ccc(F)cc32)c1Cl.O=CO. The van der Waals surface area contributed by atoms with E-state index in [0.29, 0.717) is 11.3 Å². The number of halogens is 5. The van der Waals surface area contributed by atoms with Gasteiger partial charge in [0.1, 0.15) is 35.8 Å². The van der Waals surface area contributed by atoms with Crippen LogP contribution < -0.4 is 9.64 Å². The lowest BCUT2D eigenvalue weighted by Crippen LogP contribution is -2.42. The summed E-state index contributed by atoms with van der Waals surface area (Å²) in [6, 6.07) is 8.59. The minimum atomic E-state index is -4.62. The molecule has 11 heteroatoms. The molecule has 0 amide bonds. The minimum absolute atomic E-state index is 0.0689. The number of nitrogens with zero attached hydrogens (tertiary/aromatic N) is 2. The highest BCUT2D eigenvalue weighted by molar-refractivity contribution is 6.33. The average Bonchev–Trinajstić information content (AvgIpc) is 2.97. The highest BCUT2D eigenvalue weighted by Gasteiger charge is 2.45. The molecule has 2 aliphatic heterocycles. The Hall–Kier alpha value is -3.11. The van der Waals surface area contributed by atoms with Crippen molar-refractivity contribution in [3.8, 4) is 5.75 Å². The van der Waals surface area contributed by atoms with Gasteiger partial charge in [0.05, 0.1) is 24.4 Å². The van der Waals surface area contributed by atoms with E-state index in [1.807, 2.05) is 13.8 Å². The fourth-order valence-electron chi connectivity index (χ4n) is 3.75. The van der Waals surface area contributed by atoms with Crippen molar-refractivity contribution in [3.63, 3.8) is 0 Å². The first-order valence-electron chi connectivity index (χ1n) is 10.6. The van der Waals surface area contributed by atoms with E-state index in [-0.39, 0.29) is 47.3 Å². The molecular weight excluding hydrogens is 492 g/mol. The molecule has 35 heavy (non-hydrogen) atoms. The van der Waals surface area contributed by atoms with Gasteiger partial charge in [-0.1, -0.05) is 37.6 Å². The predicted octanol–water partition coefficient (Wildman–Crippen LogP) is 6.39. The van der Waals surface area contributed by atoms with Crippen LogP contribution in [0.3, 0.4) is 0 Å². The summed E-state index contributed by atoms with van der Waals surface area (Å²) in [5.74, 6) is -0.128. The van der Waals surface area contributed by atoms with Gasteiger partial charge < -0.3 is 14.6 Å². The zero-order valence-electron chi connectivity index (χ0n) is 19.5. The number of anilines is 1. The fourth-order valence-corrected chi connectivity index (χ4v) is 4.05. The molecule has 2 aromatic carbocycles. The number of fused-ring (bicyclic) bond motifs is 3. The number of alkyl halides is 3. The zero-order chi connectivity index (χ0) is 26.3. The normalized spacial score (nSPS) is 16.9. The van der Waals surface area contributed by atoms with Crippen LogP contribution in [0.2, 0.25) is 5.02 Å². The van der Waals surface area contributed by atoms with Crippen molar-refractivity contribution in [2.75, 3.05) is 25.2 Å². The third kappa shape index (κ3) is 5.94. The molecule has 0 aromatic heterocycles. The van der Waals surface area contributed by atoms with Crippen LogP contribution in [-0.4, -0.2) is 43.9 Å². The minimum Gasteiger partial charge on any atom is -0.495 e. The number of hydrogen-bond acceptors (Lipinski definition) is 5. The van der Waals surface area contributed by atoms with Crippen LogP contribution in [0.15, 0.2) is 52.7 Å². The van der Waals surface area contributed by atoms with Gasteiger partial charge in [-0.25, -0.2) is 4.39 Å². The molecule has 0 unspecified atom stereocenters. The molecule has 2 aliphatic rings. The molecule has 1 N–H and O–H groups in total. The van der Waals surface area contributed by atoms with Crippen LogP contribution in [0.5, 0.6) is 5.75 Å². The summed E-state index contributed by atoms with van der Waals surface area (Å²) in [6.45, 7) is 4.83. The van der Waals surface area contributed by atoms with E-state index in [4.69, 9.17) is 31.0 Å². The van der Waals surface area contributed by atoms with Crippen LogP contribution in [0.4, 0.5) is 23.2 Å². The number of rotatable bonds is 2. The van der Waals surface area contributed by atoms with Gasteiger partial charge >= 0.3 is 6.18 Å². The van der Waals surface area contributed by atoms with Gasteiger partial charge in [-0.05, 0) is 36.8 Å². The summed E-state index contributed by atoms with van der Waals surface area (Å²) in [5.41, 5.74) is 0.0491. The first-order chi connectivity index (χ1) is 16.6. The van der Waals surface area contributed by atoms with E-state index >= 15 is 0 Å². The Kier molecular flexibility index (Phi) is 9.67. The second kappa shape index (κ2) is 12.0. The topological polar surface area (TPSA) is 71.4 Å². The quantitative estimate of drug-likeness (QED) is 0.370. The van der Waals surface area contributed by atoms with Crippen LogP contribution in [-0.2, 0) is 9.53 Å². The second-order valence-electron chi connectivity index (χ2n) is 7.06. The van der Waals surface area contributed by atoms with Crippen LogP contribution >= 0.6 is 11.6 Å². The molecule has 6 nitrogen and oxygen atoms in total. The van der Waals surface area contributed by atoms with Crippen LogP contribution in [0.1, 0.15) is 38.0 Å². The Balaban J connectivity index is 0.000000803. The number of aliphatic imine (C=N–C) groups is 1. The number of amidine groups is 1. The summed E-state index contributed by atoms with van der Waals surface area (Å²) in [5, 5.41) is 7.13. The molecule has 4 rings (SSSR count). The first-order valence-corrected chi connectivity index (χ1v) is 10.9. The molecule has 0 radical (unpaired) electrons. The Bertz CT molecular complexity index is 1120. The molecule has 0 spiro atoms. The van der Waals surface area contributed by atoms with Crippen molar-refractivity contribution < 1.29 is 36.9 Å². The number of carbonyl (C=O) groups is 1. The molecule has 1 atom stereocenters. The van der Waals surface area contributed by atoms with Crippen molar-refractivity contribution in [2.45, 2.75) is 33.1 Å². The van der Waals surface area contributed by atoms with E-state index in [2.05, 4.69) is 4.99 Å². The molecule has 190 valence electrons. The van der Waals surface area contributed by atoms with Gasteiger partial charge in [0, 0.05) is 11.1 Å². The van der Waals surface area contributed by atoms with E-state index in [0.717, 1.165) is 17.0 Å². The van der Waals surface area contributed by atoms with Crippen molar-refractivity contribution >= 4 is 29.6 Å². The van der Waals surface area contributed by atoms with Crippen molar-refractivity contribution in [2.24, 2.45) is 4.99 Å². The third-order valence-electron chi connectivity index (χ3n) is 5.04. The largest absolute Gasteiger partial charge is 0.495 e. The van der Waals surface area contributed by atoms with Crippen molar-refractivity contribution in [1.82, 2.24) is 0 Å². The lowest BCUT2D eigenvalue weighted by molar-refractivity contribution is -0.122. The van der Waals surface area contributed by atoms with Gasteiger partial charge in [-0.3, -0.25) is 14.7 Å². The Labute approximate surface area is 205 Å². The number of benzene rings is 2. The van der Waals surface area contributed by atoms with Crippen LogP contribution in [0, 0.1) is 5.82 Å². The summed E-state index contributed by atoms with van der Waals surface area (Å²) >= 11 is 6.45. The Morgan fingerprint density at radius 1 is 1.23 bits per heavy atom. The fraction of sp³-hybridized carbons (Fsp3) is 0.333. The number of ether oxygens (including phenoxy) is 2.